The molecule has 1 amide bonds. The molecule has 22 heavy (non-hydrogen) atoms. The molecule has 0 aliphatic rings. The van der Waals surface area contributed by atoms with Gasteiger partial charge in [0.15, 0.2) is 0 Å². The monoisotopic (exact) mass is 340 g/mol. The lowest BCUT2D eigenvalue weighted by Gasteiger charge is -2.13. The highest BCUT2D eigenvalue weighted by Crippen LogP contribution is 2.19. The zero-order chi connectivity index (χ0) is 15.9. The van der Waals surface area contributed by atoms with Crippen LogP contribution in [0.1, 0.15) is 10.6 Å². The minimum Gasteiger partial charge on any atom is -0.480 e. The van der Waals surface area contributed by atoms with Gasteiger partial charge >= 0.3 is 12.1 Å². The number of nitrogens with zero attached hydrogens (tertiary/aromatic N) is 1. The Hall–Kier alpha value is -2.12. The standard InChI is InChI=1S/C14H13ClN2O4S/c15-11-7-16-12(22-11)6-10(13(18)19)17-14(20)21-8-9-4-2-1-3-5-9/h1-5,7,10H,6,8H2,(H,17,20)(H,18,19). The van der Waals surface area contributed by atoms with Gasteiger partial charge in [0, 0.05) is 6.42 Å². The van der Waals surface area contributed by atoms with E-state index in [1.807, 2.05) is 18.2 Å². The summed E-state index contributed by atoms with van der Waals surface area (Å²) in [5.74, 6) is -1.16. The smallest absolute Gasteiger partial charge is 0.408 e. The molecule has 1 aromatic heterocycles. The van der Waals surface area contributed by atoms with Crippen molar-refractivity contribution in [3.63, 3.8) is 0 Å². The van der Waals surface area contributed by atoms with Crippen molar-refractivity contribution >= 4 is 35.0 Å². The predicted molar refractivity (Wildman–Crippen MR) is 82.0 cm³/mol. The number of rotatable bonds is 6. The van der Waals surface area contributed by atoms with Crippen LogP contribution in [0.2, 0.25) is 4.34 Å². The van der Waals surface area contributed by atoms with Crippen LogP contribution >= 0.6 is 22.9 Å². The topological polar surface area (TPSA) is 88.5 Å². The van der Waals surface area contributed by atoms with Crippen LogP contribution in [0, 0.1) is 0 Å². The van der Waals surface area contributed by atoms with Crippen molar-refractivity contribution < 1.29 is 19.4 Å². The number of hydrogen-bond acceptors (Lipinski definition) is 5. The van der Waals surface area contributed by atoms with E-state index in [0.29, 0.717) is 9.34 Å². The Morgan fingerprint density at radius 3 is 2.68 bits per heavy atom. The van der Waals surface area contributed by atoms with Gasteiger partial charge in [0.1, 0.15) is 17.0 Å². The molecule has 0 fully saturated rings. The Kier molecular flexibility index (Phi) is 5.74. The fraction of sp³-hybridized carbons (Fsp3) is 0.214. The van der Waals surface area contributed by atoms with Crippen LogP contribution < -0.4 is 5.32 Å². The third-order valence-corrected chi connectivity index (χ3v) is 3.84. The number of nitrogens with one attached hydrogen (secondary N) is 1. The van der Waals surface area contributed by atoms with Crippen molar-refractivity contribution in [2.24, 2.45) is 0 Å². The Morgan fingerprint density at radius 2 is 2.09 bits per heavy atom. The van der Waals surface area contributed by atoms with Crippen LogP contribution in [-0.4, -0.2) is 28.2 Å². The minimum atomic E-state index is -1.16. The van der Waals surface area contributed by atoms with Gasteiger partial charge in [0.2, 0.25) is 0 Å². The Morgan fingerprint density at radius 1 is 1.36 bits per heavy atom. The lowest BCUT2D eigenvalue weighted by atomic mass is 10.2. The first-order valence-electron chi connectivity index (χ1n) is 6.35. The number of carbonyl (C=O) groups excluding carboxylic acids is 1. The van der Waals surface area contributed by atoms with Crippen molar-refractivity contribution in [2.75, 3.05) is 0 Å². The molecule has 8 heteroatoms. The van der Waals surface area contributed by atoms with Gasteiger partial charge in [-0.3, -0.25) is 0 Å². The molecule has 0 aliphatic carbocycles. The van der Waals surface area contributed by atoms with E-state index in [0.717, 1.165) is 5.56 Å². The van der Waals surface area contributed by atoms with Gasteiger partial charge < -0.3 is 15.2 Å². The maximum atomic E-state index is 11.7. The van der Waals surface area contributed by atoms with E-state index in [2.05, 4.69) is 10.3 Å². The Balaban J connectivity index is 1.87. The first kappa shape index (κ1) is 16.3. The van der Waals surface area contributed by atoms with E-state index in [-0.39, 0.29) is 13.0 Å². The third-order valence-electron chi connectivity index (χ3n) is 2.71. The summed E-state index contributed by atoms with van der Waals surface area (Å²) in [7, 11) is 0. The van der Waals surface area contributed by atoms with E-state index < -0.39 is 18.1 Å². The highest BCUT2D eigenvalue weighted by Gasteiger charge is 2.22. The van der Waals surface area contributed by atoms with E-state index in [9.17, 15) is 9.59 Å². The molecule has 2 aromatic rings. The molecule has 1 unspecified atom stereocenters. The number of thiazole rings is 1. The molecule has 0 bridgehead atoms. The first-order chi connectivity index (χ1) is 10.5. The van der Waals surface area contributed by atoms with Crippen LogP contribution in [0.5, 0.6) is 0 Å². The first-order valence-corrected chi connectivity index (χ1v) is 7.54. The summed E-state index contributed by atoms with van der Waals surface area (Å²) in [4.78, 5) is 26.9. The molecule has 2 rings (SSSR count). The summed E-state index contributed by atoms with van der Waals surface area (Å²) in [6, 6.07) is 7.99. The lowest BCUT2D eigenvalue weighted by Crippen LogP contribution is -2.42. The molecule has 0 aliphatic heterocycles. The second-order valence-corrected chi connectivity index (χ2v) is 6.11. The summed E-state index contributed by atoms with van der Waals surface area (Å²) in [6.07, 6.45) is 0.695. The van der Waals surface area contributed by atoms with Crippen molar-refractivity contribution in [1.29, 1.82) is 0 Å². The van der Waals surface area contributed by atoms with Gasteiger partial charge in [-0.15, -0.1) is 11.3 Å². The second-order valence-electron chi connectivity index (χ2n) is 4.36. The molecule has 0 radical (unpaired) electrons. The molecule has 1 aromatic carbocycles. The number of carbonyl (C=O) groups is 2. The molecule has 116 valence electrons. The average molecular weight is 341 g/mol. The summed E-state index contributed by atoms with van der Waals surface area (Å²) < 4.78 is 5.46. The van der Waals surface area contributed by atoms with Gasteiger partial charge in [-0.05, 0) is 5.56 Å². The van der Waals surface area contributed by atoms with E-state index in [1.165, 1.54) is 17.5 Å². The van der Waals surface area contributed by atoms with Crippen LogP contribution in [0.3, 0.4) is 0 Å². The maximum Gasteiger partial charge on any atom is 0.408 e. The molecule has 1 heterocycles. The van der Waals surface area contributed by atoms with E-state index in [1.54, 1.807) is 12.1 Å². The average Bonchev–Trinajstić information content (AvgIpc) is 2.91. The number of benzene rings is 1. The Bertz CT molecular complexity index is 647. The summed E-state index contributed by atoms with van der Waals surface area (Å²) >= 11 is 6.91. The molecular weight excluding hydrogens is 328 g/mol. The number of carboxylic acids is 1. The van der Waals surface area contributed by atoms with Crippen LogP contribution in [-0.2, 0) is 22.6 Å². The molecule has 0 saturated carbocycles. The lowest BCUT2D eigenvalue weighted by molar-refractivity contribution is -0.139. The zero-order valence-corrected chi connectivity index (χ0v) is 12.9. The number of amides is 1. The fourth-order valence-corrected chi connectivity index (χ4v) is 2.67. The SMILES string of the molecule is O=C(NC(Cc1ncc(Cl)s1)C(=O)O)OCc1ccccc1. The van der Waals surface area contributed by atoms with Crippen molar-refractivity contribution in [3.05, 3.63) is 51.4 Å². The number of hydrogen-bond donors (Lipinski definition) is 2. The molecular formula is C14H13ClN2O4S. The van der Waals surface area contributed by atoms with Gasteiger partial charge in [-0.2, -0.15) is 0 Å². The van der Waals surface area contributed by atoms with Crippen molar-refractivity contribution in [3.8, 4) is 0 Å². The summed E-state index contributed by atoms with van der Waals surface area (Å²) in [5.41, 5.74) is 0.816. The molecule has 1 atom stereocenters. The number of carboxylic acid groups (broad SMARTS) is 1. The van der Waals surface area contributed by atoms with Crippen molar-refractivity contribution in [2.45, 2.75) is 19.1 Å². The largest absolute Gasteiger partial charge is 0.480 e. The normalized spacial score (nSPS) is 11.7. The van der Waals surface area contributed by atoms with Gasteiger partial charge in [0.05, 0.1) is 11.2 Å². The summed E-state index contributed by atoms with van der Waals surface area (Å²) in [6.45, 7) is 0.0715. The maximum absolute atomic E-state index is 11.7. The zero-order valence-electron chi connectivity index (χ0n) is 11.4. The molecule has 6 nitrogen and oxygen atoms in total. The Labute approximate surface area is 135 Å². The number of aliphatic carboxylic acids is 1. The fourth-order valence-electron chi connectivity index (χ4n) is 1.66. The summed E-state index contributed by atoms with van der Waals surface area (Å²) in [5, 5.41) is 12.0. The second kappa shape index (κ2) is 7.77. The number of halogens is 1. The number of aromatic nitrogens is 1. The number of ether oxygens (including phenoxy) is 1. The molecule has 2 N–H and O–H groups in total. The highest BCUT2D eigenvalue weighted by molar-refractivity contribution is 7.15. The van der Waals surface area contributed by atoms with E-state index in [4.69, 9.17) is 21.4 Å². The predicted octanol–water partition coefficient (Wildman–Crippen LogP) is 2.72. The quantitative estimate of drug-likeness (QED) is 0.844. The van der Waals surface area contributed by atoms with Crippen molar-refractivity contribution in [1.82, 2.24) is 10.3 Å². The van der Waals surface area contributed by atoms with Crippen LogP contribution in [0.25, 0.3) is 0 Å². The van der Waals surface area contributed by atoms with Gasteiger partial charge in [-0.25, -0.2) is 14.6 Å². The minimum absolute atomic E-state index is 0.0488. The highest BCUT2D eigenvalue weighted by atomic mass is 35.5. The van der Waals surface area contributed by atoms with Gasteiger partial charge in [0.25, 0.3) is 0 Å². The third kappa shape index (κ3) is 5.01. The number of alkyl carbamates (subject to hydrolysis) is 1. The van der Waals surface area contributed by atoms with Crippen LogP contribution in [0.15, 0.2) is 36.5 Å². The molecule has 0 saturated heterocycles. The van der Waals surface area contributed by atoms with E-state index >= 15 is 0 Å². The van der Waals surface area contributed by atoms with Gasteiger partial charge in [-0.1, -0.05) is 41.9 Å². The molecule has 0 spiro atoms. The van der Waals surface area contributed by atoms with Crippen LogP contribution in [0.4, 0.5) is 4.79 Å².